The third-order valence-corrected chi connectivity index (χ3v) is 0. The van der Waals surface area contributed by atoms with E-state index in [2.05, 4.69) is 0 Å². The van der Waals surface area contributed by atoms with Crippen LogP contribution in [0.2, 0.25) is 0 Å². The molecule has 3 nitrogen and oxygen atoms in total. The van der Waals surface area contributed by atoms with Gasteiger partial charge in [-0.1, -0.05) is 0 Å². The van der Waals surface area contributed by atoms with Crippen LogP contribution >= 0.6 is 0 Å². The van der Waals surface area contributed by atoms with Gasteiger partial charge in [0.15, 0.2) is 0 Å². The zero-order valence-electron chi connectivity index (χ0n) is 2.31. The van der Waals surface area contributed by atoms with Crippen molar-refractivity contribution >= 4 is 48.9 Å². The first-order valence-electron chi connectivity index (χ1n) is 0.463. The molecule has 0 heterocycles. The van der Waals surface area contributed by atoms with Crippen LogP contribution in [0.4, 0.5) is 0 Å². The fourth-order valence-corrected chi connectivity index (χ4v) is 0. The standard InChI is InChI=1S/Ba.Mn.3O/q+2;;;2*-1. The molecule has 5 heavy (non-hydrogen) atoms. The predicted octanol–water partition coefficient (Wildman–Crippen LogP) is -2.88. The first kappa shape index (κ1) is 9.94. The van der Waals surface area contributed by atoms with Crippen LogP contribution in [0.1, 0.15) is 0 Å². The van der Waals surface area contributed by atoms with Gasteiger partial charge in [0, 0.05) is 0 Å². The Hall–Kier alpha value is 1.81. The summed E-state index contributed by atoms with van der Waals surface area (Å²) in [5.74, 6) is 0. The summed E-state index contributed by atoms with van der Waals surface area (Å²) >= 11 is -3.65. The van der Waals surface area contributed by atoms with Gasteiger partial charge in [-0.25, -0.2) is 0 Å². The number of rotatable bonds is 0. The predicted molar refractivity (Wildman–Crippen MR) is 6.44 cm³/mol. The first-order valence-corrected chi connectivity index (χ1v) is 1.91. The maximum atomic E-state index is 8.52. The zero-order chi connectivity index (χ0) is 3.58. The molecule has 0 atom stereocenters. The molecule has 0 fully saturated rings. The average Bonchev–Trinajstić information content (AvgIpc) is 0.811. The van der Waals surface area contributed by atoms with Crippen LogP contribution in [0.5, 0.6) is 0 Å². The third kappa shape index (κ3) is 25.7. The number of hydrogen-bond donors (Lipinski definition) is 0. The Morgan fingerprint density at radius 1 is 1.40 bits per heavy atom. The zero-order valence-corrected chi connectivity index (χ0v) is 7.93. The van der Waals surface area contributed by atoms with Gasteiger partial charge in [-0.05, 0) is 0 Å². The van der Waals surface area contributed by atoms with Crippen LogP contribution in [-0.2, 0) is 18.3 Å². The van der Waals surface area contributed by atoms with E-state index in [4.69, 9.17) is 12.2 Å². The molecule has 0 spiro atoms. The molecule has 0 radical (unpaired) electrons. The molecule has 0 N–H and O–H groups in total. The van der Waals surface area contributed by atoms with Gasteiger partial charge in [-0.15, -0.1) is 0 Å². The van der Waals surface area contributed by atoms with Gasteiger partial charge < -0.3 is 0 Å². The minimum absolute atomic E-state index is 0. The molecule has 0 unspecified atom stereocenters. The van der Waals surface area contributed by atoms with Gasteiger partial charge in [0.1, 0.15) is 0 Å². The Kier molecular flexibility index (Phi) is 11.5. The van der Waals surface area contributed by atoms with Gasteiger partial charge in [-0.3, -0.25) is 0 Å². The van der Waals surface area contributed by atoms with Crippen molar-refractivity contribution in [2.45, 2.75) is 0 Å². The normalized spacial score (nSPS) is 7.00. The second-order valence-electron chi connectivity index (χ2n) is 0.189. The SMILES string of the molecule is [Ba+2].[O]=[Mn]([O-])[O-]. The molecule has 0 amide bonds. The van der Waals surface area contributed by atoms with Crippen LogP contribution in [0.25, 0.3) is 0 Å². The van der Waals surface area contributed by atoms with E-state index in [-0.39, 0.29) is 48.9 Å². The van der Waals surface area contributed by atoms with E-state index in [0.717, 1.165) is 0 Å². The summed E-state index contributed by atoms with van der Waals surface area (Å²) < 4.78 is 25.6. The molecule has 0 saturated carbocycles. The molecular weight excluding hydrogens is 240 g/mol. The van der Waals surface area contributed by atoms with E-state index in [9.17, 15) is 0 Å². The van der Waals surface area contributed by atoms with Crippen molar-refractivity contribution in [1.29, 1.82) is 0 Å². The molecule has 0 aromatic heterocycles. The van der Waals surface area contributed by atoms with Crippen molar-refractivity contribution in [3.05, 3.63) is 0 Å². The molecule has 27 valence electrons. The molecule has 0 saturated heterocycles. The van der Waals surface area contributed by atoms with E-state index in [0.29, 0.717) is 0 Å². The topological polar surface area (TPSA) is 63.2 Å². The van der Waals surface area contributed by atoms with E-state index < -0.39 is 14.5 Å². The molecule has 0 aliphatic rings. The molecule has 0 aromatic rings. The summed E-state index contributed by atoms with van der Waals surface area (Å²) in [4.78, 5) is 0. The van der Waals surface area contributed by atoms with Gasteiger partial charge in [0.25, 0.3) is 0 Å². The second-order valence-corrected chi connectivity index (χ2v) is 0.779. The van der Waals surface area contributed by atoms with Crippen LogP contribution in [0, 0.1) is 0 Å². The first-order chi connectivity index (χ1) is 1.73. The summed E-state index contributed by atoms with van der Waals surface area (Å²) in [6.45, 7) is 0. The van der Waals surface area contributed by atoms with Crippen molar-refractivity contribution in [2.24, 2.45) is 0 Å². The average molecular weight is 240 g/mol. The van der Waals surface area contributed by atoms with Crippen LogP contribution in [-0.4, -0.2) is 48.9 Å². The van der Waals surface area contributed by atoms with Gasteiger partial charge in [-0.2, -0.15) is 0 Å². The van der Waals surface area contributed by atoms with E-state index in [1.165, 1.54) is 0 Å². The van der Waals surface area contributed by atoms with Crippen LogP contribution in [0.15, 0.2) is 0 Å². The Balaban J connectivity index is 0. The summed E-state index contributed by atoms with van der Waals surface area (Å²) in [6, 6.07) is 0. The fourth-order valence-electron chi connectivity index (χ4n) is 0. The maximum absolute atomic E-state index is 8.52. The van der Waals surface area contributed by atoms with Gasteiger partial charge in [0.2, 0.25) is 0 Å². The van der Waals surface area contributed by atoms with Crippen molar-refractivity contribution in [2.75, 3.05) is 0 Å². The Bertz CT molecular complexity index is 29.9. The summed E-state index contributed by atoms with van der Waals surface area (Å²) in [5.41, 5.74) is 0. The summed E-state index contributed by atoms with van der Waals surface area (Å²) in [7, 11) is 0. The molecular formula is BaMnO3. The Morgan fingerprint density at radius 2 is 1.40 bits per heavy atom. The fraction of sp³-hybridized carbons (Fsp3) is 0. The summed E-state index contributed by atoms with van der Waals surface area (Å²) in [6.07, 6.45) is 0. The molecule has 0 aromatic carbocycles. The van der Waals surface area contributed by atoms with Gasteiger partial charge in [0.05, 0.1) is 0 Å². The van der Waals surface area contributed by atoms with Crippen molar-refractivity contribution in [1.82, 2.24) is 0 Å². The number of hydrogen-bond acceptors (Lipinski definition) is 3. The quantitative estimate of drug-likeness (QED) is 0.427. The minimum atomic E-state index is -3.65. The van der Waals surface area contributed by atoms with Crippen molar-refractivity contribution < 1.29 is 26.7 Å². The van der Waals surface area contributed by atoms with E-state index in [1.54, 1.807) is 0 Å². The van der Waals surface area contributed by atoms with Crippen LogP contribution in [0.3, 0.4) is 0 Å². The molecule has 0 aliphatic carbocycles. The van der Waals surface area contributed by atoms with Crippen molar-refractivity contribution in [3.63, 3.8) is 0 Å². The van der Waals surface area contributed by atoms with E-state index >= 15 is 0 Å². The second kappa shape index (κ2) is 5.81. The van der Waals surface area contributed by atoms with E-state index in [1.807, 2.05) is 0 Å². The third-order valence-electron chi connectivity index (χ3n) is 0. The summed E-state index contributed by atoms with van der Waals surface area (Å²) in [5, 5.41) is 0. The van der Waals surface area contributed by atoms with Crippen LogP contribution < -0.4 is 8.38 Å². The molecule has 5 heteroatoms. The molecule has 0 rings (SSSR count). The van der Waals surface area contributed by atoms with Crippen molar-refractivity contribution in [3.8, 4) is 0 Å². The monoisotopic (exact) mass is 241 g/mol. The van der Waals surface area contributed by atoms with Gasteiger partial charge >= 0.3 is 75.6 Å². The Morgan fingerprint density at radius 3 is 1.40 bits per heavy atom. The molecule has 0 bridgehead atoms. The Labute approximate surface area is 74.2 Å². The molecule has 0 aliphatic heterocycles.